The fourth-order valence-electron chi connectivity index (χ4n) is 16.7. The predicted octanol–water partition coefficient (Wildman–Crippen LogP) is 6.44. The highest BCUT2D eigenvalue weighted by molar-refractivity contribution is 6.01. The van der Waals surface area contributed by atoms with E-state index < -0.39 is 217 Å². The van der Waals surface area contributed by atoms with Gasteiger partial charge in [-0.2, -0.15) is 13.2 Å². The highest BCUT2D eigenvalue weighted by atomic mass is 19.4. The van der Waals surface area contributed by atoms with Crippen LogP contribution in [0.3, 0.4) is 0 Å². The van der Waals surface area contributed by atoms with Gasteiger partial charge in [-0.05, 0) is 112 Å². The Bertz CT molecular complexity index is 3160. The Kier molecular flexibility index (Phi) is 30.6. The van der Waals surface area contributed by atoms with Crippen LogP contribution in [0.25, 0.3) is 0 Å². The number of rotatable bonds is 13. The van der Waals surface area contributed by atoms with Crippen molar-refractivity contribution < 1.29 is 84.2 Å². The molecule has 3 aliphatic heterocycles. The van der Waals surface area contributed by atoms with Crippen LogP contribution in [0.4, 0.5) is 22.0 Å². The number of carbonyl (C=O) groups excluding carboxylic acids is 12. The molecular formula is C76H123F5N12O13. The third-order valence-corrected chi connectivity index (χ3v) is 23.0. The highest BCUT2D eigenvalue weighted by Gasteiger charge is 2.59. The number of nitrogens with one attached hydrogen (secondary N) is 3. The molecule has 3 heterocycles. The number of carbonyl (C=O) groups is 12. The van der Waals surface area contributed by atoms with Crippen molar-refractivity contribution in [1.29, 1.82) is 0 Å². The Balaban J connectivity index is 1.49. The number of hydrogen-bond donors (Lipinski definition) is 3. The van der Waals surface area contributed by atoms with Gasteiger partial charge < -0.3 is 64.8 Å². The summed E-state index contributed by atoms with van der Waals surface area (Å²) in [6.07, 6.45) is -5.99. The number of alkyl halides is 5. The molecule has 12 atom stereocenters. The van der Waals surface area contributed by atoms with Crippen LogP contribution in [0.5, 0.6) is 0 Å². The van der Waals surface area contributed by atoms with E-state index in [-0.39, 0.29) is 77.0 Å². The van der Waals surface area contributed by atoms with E-state index in [2.05, 4.69) is 22.9 Å². The molecule has 5 fully saturated rings. The average Bonchev–Trinajstić information content (AvgIpc) is 0.864. The average molecular weight is 1510 g/mol. The van der Waals surface area contributed by atoms with Crippen LogP contribution in [-0.2, 0) is 62.3 Å². The minimum absolute atomic E-state index is 0.00612. The Labute approximate surface area is 624 Å². The second kappa shape index (κ2) is 36.9. The molecule has 30 heteroatoms. The van der Waals surface area contributed by atoms with Gasteiger partial charge in [-0.15, -0.1) is 0 Å². The minimum Gasteiger partial charge on any atom is -0.377 e. The summed E-state index contributed by atoms with van der Waals surface area (Å²) in [7, 11) is 11.2. The van der Waals surface area contributed by atoms with Crippen LogP contribution in [0, 0.1) is 40.4 Å². The van der Waals surface area contributed by atoms with Crippen LogP contribution in [-0.4, -0.2) is 283 Å². The first-order valence-corrected chi connectivity index (χ1v) is 38.2. The lowest BCUT2D eigenvalue weighted by Crippen LogP contribution is -2.71. The van der Waals surface area contributed by atoms with Crippen LogP contribution < -0.4 is 16.0 Å². The fourth-order valence-corrected chi connectivity index (χ4v) is 16.7. The van der Waals surface area contributed by atoms with Crippen molar-refractivity contribution in [2.24, 2.45) is 40.4 Å². The fraction of sp³-hybridized carbons (Fsp3) is 0.816. The van der Waals surface area contributed by atoms with Gasteiger partial charge in [0.1, 0.15) is 72.1 Å². The van der Waals surface area contributed by atoms with E-state index in [0.717, 1.165) is 40.4 Å². The summed E-state index contributed by atoms with van der Waals surface area (Å²) in [6.45, 7) is 17.0. The molecule has 106 heavy (non-hydrogen) atoms. The smallest absolute Gasteiger partial charge is 0.377 e. The van der Waals surface area contributed by atoms with Crippen molar-refractivity contribution in [1.82, 2.24) is 60.0 Å². The third kappa shape index (κ3) is 21.9. The monoisotopic (exact) mass is 1510 g/mol. The standard InChI is InChI=1S/C76H123F5N12O13/c1-19-25-53-64(97)83-63(46(5)20-2)71(104)87(14)42-61(96)89(16)54-26-23-22-24-33-92(70(54)103)57(36-47-29-27-45(4)28-30-47)68(101)86(13)41-59(94)82-52(32-31-48-34-50(77)62(51(78)35-48)76(79,80)81)66(99)93-40-49(106-21-3)37-55(93)65(98)84-75(43-74(9,10)44-75)72(105)91(18)58(39-73(6,7)8)69(102)90(17)56(67(100)85(11)12)38-60(95)88(53)15/h22-23,45-58,62-63H,19-21,24-44H2,1-18H3,(H,82,94)(H,83,97)(H,84,98)/b23-22-/t45?,46-,47?,48?,49+,50?,51?,52-,53-,54-,55-,56-,57-,58-,62?,63-/m0/s1. The molecule has 2 unspecified atom stereocenters. The summed E-state index contributed by atoms with van der Waals surface area (Å²) in [5.74, 6) is -12.8. The summed E-state index contributed by atoms with van der Waals surface area (Å²) in [6, 6.07) is -10.8. The van der Waals surface area contributed by atoms with Gasteiger partial charge >= 0.3 is 6.18 Å². The van der Waals surface area contributed by atoms with E-state index in [1.165, 1.54) is 85.8 Å². The van der Waals surface area contributed by atoms with Gasteiger partial charge in [-0.3, -0.25) is 57.5 Å². The zero-order chi connectivity index (χ0) is 79.6. The summed E-state index contributed by atoms with van der Waals surface area (Å²) < 4.78 is 79.0. The van der Waals surface area contributed by atoms with Crippen LogP contribution in [0.15, 0.2) is 12.2 Å². The quantitative estimate of drug-likeness (QED) is 0.132. The van der Waals surface area contributed by atoms with Crippen molar-refractivity contribution in [2.45, 2.75) is 270 Å². The van der Waals surface area contributed by atoms with Crippen LogP contribution in [0.1, 0.15) is 191 Å². The van der Waals surface area contributed by atoms with Gasteiger partial charge in [-0.25, -0.2) is 8.78 Å². The van der Waals surface area contributed by atoms with Crippen LogP contribution in [0.2, 0.25) is 0 Å². The zero-order valence-corrected chi connectivity index (χ0v) is 66.1. The van der Waals surface area contributed by atoms with Crippen molar-refractivity contribution in [2.75, 3.05) is 89.2 Å². The maximum absolute atomic E-state index is 15.7. The summed E-state index contributed by atoms with van der Waals surface area (Å²) in [5, 5.41) is 8.59. The Hall–Kier alpha value is -7.01. The number of fused-ring (bicyclic) bond motifs is 3. The highest BCUT2D eigenvalue weighted by Crippen LogP contribution is 2.50. The molecule has 3 aliphatic carbocycles. The van der Waals surface area contributed by atoms with E-state index in [1.54, 1.807) is 26.8 Å². The molecular weight excluding hydrogens is 1380 g/mol. The maximum atomic E-state index is 15.7. The second-order valence-corrected chi connectivity index (χ2v) is 33.6. The molecule has 12 amide bonds. The molecule has 0 aromatic carbocycles. The van der Waals surface area contributed by atoms with Gasteiger partial charge in [0.05, 0.1) is 25.6 Å². The molecule has 2 bridgehead atoms. The molecule has 600 valence electrons. The number of hydrogen-bond acceptors (Lipinski definition) is 13. The minimum atomic E-state index is -5.18. The summed E-state index contributed by atoms with van der Waals surface area (Å²) >= 11 is 0. The van der Waals surface area contributed by atoms with Crippen LogP contribution >= 0.6 is 0 Å². The first-order chi connectivity index (χ1) is 49.3. The zero-order valence-electron chi connectivity index (χ0n) is 66.1. The molecule has 6 rings (SSSR count). The molecule has 2 saturated heterocycles. The molecule has 0 radical (unpaired) electrons. The number of likely N-dealkylation sites (N-methyl/N-ethyl adjacent to an activating group) is 7. The van der Waals surface area contributed by atoms with E-state index in [1.807, 2.05) is 47.6 Å². The lowest BCUT2D eigenvalue weighted by Gasteiger charge is -2.54. The van der Waals surface area contributed by atoms with Crippen molar-refractivity contribution in [3.05, 3.63) is 12.2 Å². The molecule has 25 nitrogen and oxygen atoms in total. The lowest BCUT2D eigenvalue weighted by molar-refractivity contribution is -0.219. The van der Waals surface area contributed by atoms with Crippen molar-refractivity contribution >= 4 is 70.9 Å². The summed E-state index contributed by atoms with van der Waals surface area (Å²) in [4.78, 5) is 192. The SMILES string of the molecule is CCC[C@H]1C(=O)N[C@@H]([C@@H](C)CC)C(=O)N(C)CC(=O)N(C)[C@H]2C/C=C\CCN(C2=O)[C@@H](CC2CCC(C)CC2)C(=O)N(C)CC(=O)N[C@@H](CCC2CC(F)C(C(F)(F)F)C(F)C2)C(=O)N2C[C@H](OCC)C[C@H]2C(=O)NC2(CC(C)(C)C2)C(=O)N(C)[C@@H](CC(C)(C)C)C(=O)N(C)[C@H](C(=O)N(C)C)CC(=O)N1C. The Morgan fingerprint density at radius 1 is 0.670 bits per heavy atom. The Morgan fingerprint density at radius 3 is 1.84 bits per heavy atom. The van der Waals surface area contributed by atoms with E-state index >= 15 is 37.5 Å². The van der Waals surface area contributed by atoms with Gasteiger partial charge in [-0.1, -0.05) is 113 Å². The van der Waals surface area contributed by atoms with Crippen molar-refractivity contribution in [3.63, 3.8) is 0 Å². The molecule has 6 aliphatic rings. The summed E-state index contributed by atoms with van der Waals surface area (Å²) in [5.41, 5.74) is -3.02. The number of nitrogens with zero attached hydrogens (tertiary/aromatic N) is 9. The number of ether oxygens (including phenoxy) is 1. The predicted molar refractivity (Wildman–Crippen MR) is 387 cm³/mol. The van der Waals surface area contributed by atoms with E-state index in [0.29, 0.717) is 25.2 Å². The molecule has 3 saturated carbocycles. The van der Waals surface area contributed by atoms with E-state index in [9.17, 15) is 41.9 Å². The van der Waals surface area contributed by atoms with Gasteiger partial charge in [0.15, 0.2) is 0 Å². The molecule has 0 aromatic heterocycles. The molecule has 3 N–H and O–H groups in total. The molecule has 1 spiro atoms. The second-order valence-electron chi connectivity index (χ2n) is 33.6. The number of halogens is 5. The van der Waals surface area contributed by atoms with Crippen molar-refractivity contribution in [3.8, 4) is 0 Å². The largest absolute Gasteiger partial charge is 0.397 e. The Morgan fingerprint density at radius 2 is 1.28 bits per heavy atom. The topological polar surface area (TPSA) is 279 Å². The maximum Gasteiger partial charge on any atom is 0.397 e. The molecule has 0 aromatic rings. The van der Waals surface area contributed by atoms with Gasteiger partial charge in [0, 0.05) is 82.5 Å². The third-order valence-electron chi connectivity index (χ3n) is 23.0. The van der Waals surface area contributed by atoms with Gasteiger partial charge in [0.2, 0.25) is 70.9 Å². The lowest BCUT2D eigenvalue weighted by atomic mass is 9.58. The first kappa shape index (κ1) is 87.9. The van der Waals surface area contributed by atoms with Gasteiger partial charge in [0.25, 0.3) is 0 Å². The normalized spacial score (nSPS) is 31.9. The number of amides is 12. The van der Waals surface area contributed by atoms with E-state index in [4.69, 9.17) is 4.74 Å². The first-order valence-electron chi connectivity index (χ1n) is 38.2.